The third-order valence-electron chi connectivity index (χ3n) is 6.42. The Bertz CT molecular complexity index is 1130. The summed E-state index contributed by atoms with van der Waals surface area (Å²) in [7, 11) is 0. The molecule has 2 aliphatic heterocycles. The van der Waals surface area contributed by atoms with Gasteiger partial charge >= 0.3 is 0 Å². The first-order valence-electron chi connectivity index (χ1n) is 11.0. The second-order valence-electron chi connectivity index (χ2n) is 8.58. The molecule has 1 fully saturated rings. The lowest BCUT2D eigenvalue weighted by Gasteiger charge is -2.23. The van der Waals surface area contributed by atoms with Crippen LogP contribution in [0.5, 0.6) is 0 Å². The van der Waals surface area contributed by atoms with Crippen molar-refractivity contribution < 1.29 is 4.39 Å². The summed E-state index contributed by atoms with van der Waals surface area (Å²) in [5.74, 6) is 1.59. The van der Waals surface area contributed by atoms with E-state index in [1.165, 1.54) is 17.1 Å². The molecule has 2 aliphatic rings. The molecule has 3 atom stereocenters. The number of benzene rings is 1. The average molecular weight is 473 g/mol. The summed E-state index contributed by atoms with van der Waals surface area (Å²) in [6, 6.07) is 6.82. The molecule has 168 valence electrons. The maximum Gasteiger partial charge on any atom is 0.242 e. The molecule has 32 heavy (non-hydrogen) atoms. The molecule has 3 unspecified atom stereocenters. The molecule has 5 rings (SSSR count). The van der Waals surface area contributed by atoms with Gasteiger partial charge in [-0.25, -0.2) is 9.07 Å². The highest BCUT2D eigenvalue weighted by Crippen LogP contribution is 2.37. The molecule has 6 nitrogen and oxygen atoms in total. The van der Waals surface area contributed by atoms with Gasteiger partial charge in [-0.05, 0) is 61.5 Å². The maximum atomic E-state index is 13.5. The number of rotatable bonds is 6. The third kappa shape index (κ3) is 4.13. The first kappa shape index (κ1) is 21.4. The van der Waals surface area contributed by atoms with Crippen LogP contribution in [-0.2, 0) is 6.54 Å². The summed E-state index contributed by atoms with van der Waals surface area (Å²) in [5, 5.41) is 9.89. The average Bonchev–Trinajstić information content (AvgIpc) is 3.51. The lowest BCUT2D eigenvalue weighted by atomic mass is 9.91. The van der Waals surface area contributed by atoms with E-state index in [0.717, 1.165) is 56.0 Å². The van der Waals surface area contributed by atoms with Crippen LogP contribution in [0.4, 0.5) is 15.3 Å². The van der Waals surface area contributed by atoms with Crippen LogP contribution < -0.4 is 10.2 Å². The molecule has 9 heteroatoms. The van der Waals surface area contributed by atoms with Gasteiger partial charge in [0.1, 0.15) is 16.6 Å². The molecule has 1 saturated heterocycles. The second-order valence-corrected chi connectivity index (χ2v) is 9.78. The monoisotopic (exact) mass is 472 g/mol. The van der Waals surface area contributed by atoms with Crippen molar-refractivity contribution in [3.05, 3.63) is 64.8 Å². The Balaban J connectivity index is 1.33. The predicted molar refractivity (Wildman–Crippen MR) is 127 cm³/mol. The van der Waals surface area contributed by atoms with Gasteiger partial charge in [-0.3, -0.25) is 0 Å². The summed E-state index contributed by atoms with van der Waals surface area (Å²) >= 11 is 7.92. The number of aryl methyl sites for hydroxylation is 2. The minimum Gasteiger partial charge on any atom is -0.362 e. The first-order chi connectivity index (χ1) is 15.5. The normalized spacial score (nSPS) is 21.4. The fourth-order valence-corrected chi connectivity index (χ4v) is 5.88. The molecule has 0 amide bonds. The number of nitrogens with zero attached hydrogens (tertiary/aromatic N) is 5. The molecule has 1 N–H and O–H groups in total. The minimum absolute atomic E-state index is 0.0126. The number of halogens is 2. The minimum atomic E-state index is -0.327. The highest BCUT2D eigenvalue weighted by atomic mass is 35.5. The lowest BCUT2D eigenvalue weighted by molar-refractivity contribution is 0.445. The van der Waals surface area contributed by atoms with Gasteiger partial charge in [0.05, 0.1) is 11.7 Å². The van der Waals surface area contributed by atoms with E-state index in [1.54, 1.807) is 17.6 Å². The largest absolute Gasteiger partial charge is 0.362 e. The Morgan fingerprint density at radius 2 is 2.19 bits per heavy atom. The fourth-order valence-electron chi connectivity index (χ4n) is 4.79. The van der Waals surface area contributed by atoms with E-state index in [1.807, 2.05) is 17.7 Å². The van der Waals surface area contributed by atoms with Crippen LogP contribution >= 0.6 is 23.1 Å². The van der Waals surface area contributed by atoms with Gasteiger partial charge in [-0.15, -0.1) is 11.7 Å². The number of fused-ring (bicyclic) bond motifs is 1. The lowest BCUT2D eigenvalue weighted by Crippen LogP contribution is -2.30. The van der Waals surface area contributed by atoms with Crippen LogP contribution in [0.15, 0.2) is 36.9 Å². The Morgan fingerprint density at radius 3 is 2.94 bits per heavy atom. The van der Waals surface area contributed by atoms with Crippen molar-refractivity contribution in [2.45, 2.75) is 44.7 Å². The van der Waals surface area contributed by atoms with Crippen molar-refractivity contribution in [1.82, 2.24) is 19.1 Å². The summed E-state index contributed by atoms with van der Waals surface area (Å²) in [5.41, 5.74) is 1.97. The molecule has 2 aromatic heterocycles. The molecule has 0 saturated carbocycles. The number of anilines is 2. The van der Waals surface area contributed by atoms with Crippen LogP contribution in [0.2, 0.25) is 5.02 Å². The Morgan fingerprint density at radius 1 is 1.31 bits per heavy atom. The summed E-state index contributed by atoms with van der Waals surface area (Å²) < 4.78 is 19.9. The van der Waals surface area contributed by atoms with Gasteiger partial charge in [-0.1, -0.05) is 23.7 Å². The SMILES string of the molecule is C=CC(Nc1nc2n(n1)CCCC2c1ccc(F)cc1Cl)C1CCN(c2cc(C)ns2)C1. The Labute approximate surface area is 196 Å². The molecule has 4 heterocycles. The summed E-state index contributed by atoms with van der Waals surface area (Å²) in [4.78, 5) is 7.23. The van der Waals surface area contributed by atoms with Crippen molar-refractivity contribution in [2.24, 2.45) is 5.92 Å². The van der Waals surface area contributed by atoms with E-state index in [-0.39, 0.29) is 17.8 Å². The molecule has 0 aliphatic carbocycles. The van der Waals surface area contributed by atoms with Crippen molar-refractivity contribution in [1.29, 1.82) is 0 Å². The topological polar surface area (TPSA) is 58.9 Å². The second kappa shape index (κ2) is 8.83. The van der Waals surface area contributed by atoms with Crippen molar-refractivity contribution in [3.8, 4) is 0 Å². The van der Waals surface area contributed by atoms with E-state index >= 15 is 0 Å². The summed E-state index contributed by atoms with van der Waals surface area (Å²) in [6.07, 6.45) is 4.92. The zero-order chi connectivity index (χ0) is 22.2. The predicted octanol–water partition coefficient (Wildman–Crippen LogP) is 5.25. The quantitative estimate of drug-likeness (QED) is 0.496. The van der Waals surface area contributed by atoms with E-state index in [4.69, 9.17) is 21.7 Å². The van der Waals surface area contributed by atoms with Crippen LogP contribution in [0.25, 0.3) is 0 Å². The smallest absolute Gasteiger partial charge is 0.242 e. The van der Waals surface area contributed by atoms with Gasteiger partial charge in [0.2, 0.25) is 5.95 Å². The van der Waals surface area contributed by atoms with Gasteiger partial charge < -0.3 is 10.2 Å². The van der Waals surface area contributed by atoms with E-state index < -0.39 is 0 Å². The first-order valence-corrected chi connectivity index (χ1v) is 12.1. The molecule has 1 aromatic carbocycles. The molecule has 3 aromatic rings. The van der Waals surface area contributed by atoms with Gasteiger partial charge in [-0.2, -0.15) is 9.36 Å². The van der Waals surface area contributed by atoms with Crippen molar-refractivity contribution >= 4 is 34.1 Å². The van der Waals surface area contributed by atoms with Crippen molar-refractivity contribution in [2.75, 3.05) is 23.3 Å². The summed E-state index contributed by atoms with van der Waals surface area (Å²) in [6.45, 7) is 8.87. The number of aromatic nitrogens is 4. The highest BCUT2D eigenvalue weighted by Gasteiger charge is 2.31. The number of hydrogen-bond donors (Lipinski definition) is 1. The van der Waals surface area contributed by atoms with E-state index in [2.05, 4.69) is 27.2 Å². The zero-order valence-electron chi connectivity index (χ0n) is 18.0. The van der Waals surface area contributed by atoms with E-state index in [9.17, 15) is 4.39 Å². The van der Waals surface area contributed by atoms with Gasteiger partial charge in [0, 0.05) is 36.5 Å². The molecular weight excluding hydrogens is 447 g/mol. The molecular formula is C23H26ClFN6S. The van der Waals surface area contributed by atoms with Crippen LogP contribution in [0.1, 0.15) is 42.3 Å². The van der Waals surface area contributed by atoms with E-state index in [0.29, 0.717) is 16.9 Å². The van der Waals surface area contributed by atoms with Gasteiger partial charge in [0.25, 0.3) is 0 Å². The van der Waals surface area contributed by atoms with Crippen LogP contribution in [0, 0.1) is 18.7 Å². The standard InChI is InChI=1S/C23H26ClFN6S/c1-3-20(15-8-10-30(13-15)21-11-14(2)29-32-21)26-23-27-22-18(5-4-9-31(22)28-23)17-7-6-16(25)12-19(17)24/h3,6-7,11-12,15,18,20H,1,4-5,8-10,13H2,2H3,(H,26,28). The zero-order valence-corrected chi connectivity index (χ0v) is 19.5. The van der Waals surface area contributed by atoms with Crippen LogP contribution in [-0.4, -0.2) is 38.3 Å². The Kier molecular flexibility index (Phi) is 5.90. The molecule has 0 radical (unpaired) electrons. The Hall–Kier alpha value is -2.45. The third-order valence-corrected chi connectivity index (χ3v) is 7.69. The number of hydrogen-bond acceptors (Lipinski definition) is 6. The highest BCUT2D eigenvalue weighted by molar-refractivity contribution is 7.10. The fraction of sp³-hybridized carbons (Fsp3) is 0.435. The van der Waals surface area contributed by atoms with Crippen LogP contribution in [0.3, 0.4) is 0 Å². The molecule has 0 spiro atoms. The molecule has 0 bridgehead atoms. The maximum absolute atomic E-state index is 13.5. The van der Waals surface area contributed by atoms with Crippen molar-refractivity contribution in [3.63, 3.8) is 0 Å². The van der Waals surface area contributed by atoms with Gasteiger partial charge in [0.15, 0.2) is 0 Å². The number of nitrogens with one attached hydrogen (secondary N) is 1.